The number of rotatable bonds is 4. The van der Waals surface area contributed by atoms with E-state index in [2.05, 4.69) is 5.32 Å². The van der Waals surface area contributed by atoms with Gasteiger partial charge in [-0.25, -0.2) is 0 Å². The van der Waals surface area contributed by atoms with E-state index in [0.29, 0.717) is 17.7 Å². The lowest BCUT2D eigenvalue weighted by Crippen LogP contribution is -2.12. The molecule has 0 unspecified atom stereocenters. The maximum atomic E-state index is 13.8. The Morgan fingerprint density at radius 3 is 1.68 bits per heavy atom. The lowest BCUT2D eigenvalue weighted by atomic mass is 9.93. The lowest BCUT2D eigenvalue weighted by molar-refractivity contribution is -0.139. The standard InChI is InChI=1S/C23H20F6N2/c1-13(2)14-3-6-16(7-4-14)31-17-8-10-19(21(12-17)23(27,28)29)18-9-5-15(30)11-20(18)22(24,25)26/h3-13,31H,30H2,1-2H3. The Balaban J connectivity index is 2.07. The van der Waals surface area contributed by atoms with E-state index in [-0.39, 0.29) is 11.4 Å². The average Bonchev–Trinajstić information content (AvgIpc) is 2.67. The highest BCUT2D eigenvalue weighted by Gasteiger charge is 2.38. The van der Waals surface area contributed by atoms with Crippen molar-refractivity contribution in [1.82, 2.24) is 0 Å². The molecule has 3 aromatic carbocycles. The SMILES string of the molecule is CC(C)c1ccc(Nc2ccc(-c3ccc(N)cc3C(F)(F)F)c(C(F)(F)F)c2)cc1. The molecule has 0 aliphatic heterocycles. The summed E-state index contributed by atoms with van der Waals surface area (Å²) in [7, 11) is 0. The highest BCUT2D eigenvalue weighted by atomic mass is 19.4. The van der Waals surface area contributed by atoms with Gasteiger partial charge in [-0.2, -0.15) is 26.3 Å². The van der Waals surface area contributed by atoms with Gasteiger partial charge in [0.1, 0.15) is 0 Å². The molecule has 0 aliphatic carbocycles. The fourth-order valence-electron chi connectivity index (χ4n) is 3.24. The molecule has 3 aromatic rings. The summed E-state index contributed by atoms with van der Waals surface area (Å²) in [5.74, 6) is 0.299. The molecule has 0 atom stereocenters. The molecule has 31 heavy (non-hydrogen) atoms. The van der Waals surface area contributed by atoms with Crippen molar-refractivity contribution >= 4 is 17.1 Å². The van der Waals surface area contributed by atoms with Crippen molar-refractivity contribution in [2.75, 3.05) is 11.1 Å². The Morgan fingerprint density at radius 2 is 1.16 bits per heavy atom. The van der Waals surface area contributed by atoms with Crippen LogP contribution in [-0.2, 0) is 12.4 Å². The molecular formula is C23H20F6N2. The number of alkyl halides is 6. The van der Waals surface area contributed by atoms with Crippen LogP contribution in [0.1, 0.15) is 36.5 Å². The summed E-state index contributed by atoms with van der Waals surface area (Å²) in [5.41, 5.74) is 3.44. The maximum absolute atomic E-state index is 13.8. The molecule has 0 heterocycles. The van der Waals surface area contributed by atoms with Gasteiger partial charge in [-0.3, -0.25) is 0 Å². The predicted octanol–water partition coefficient (Wildman–Crippen LogP) is 7.84. The molecule has 3 N–H and O–H groups in total. The number of hydrogen-bond acceptors (Lipinski definition) is 2. The first-order chi connectivity index (χ1) is 14.4. The van der Waals surface area contributed by atoms with Crippen molar-refractivity contribution in [2.45, 2.75) is 32.1 Å². The molecular weight excluding hydrogens is 418 g/mol. The molecule has 8 heteroatoms. The number of nitrogens with one attached hydrogen (secondary N) is 1. The minimum Gasteiger partial charge on any atom is -0.399 e. The van der Waals surface area contributed by atoms with E-state index in [9.17, 15) is 26.3 Å². The number of nitrogens with two attached hydrogens (primary N) is 1. The third kappa shape index (κ3) is 5.13. The van der Waals surface area contributed by atoms with Crippen LogP contribution in [0.5, 0.6) is 0 Å². The fourth-order valence-corrected chi connectivity index (χ4v) is 3.24. The van der Waals surface area contributed by atoms with Crippen LogP contribution in [-0.4, -0.2) is 0 Å². The van der Waals surface area contributed by atoms with Crippen LogP contribution in [0.4, 0.5) is 43.4 Å². The summed E-state index contributed by atoms with van der Waals surface area (Å²) < 4.78 is 81.7. The molecule has 0 aromatic heterocycles. The topological polar surface area (TPSA) is 38.0 Å². The predicted molar refractivity (Wildman–Crippen MR) is 110 cm³/mol. The monoisotopic (exact) mass is 438 g/mol. The maximum Gasteiger partial charge on any atom is 0.417 e. The van der Waals surface area contributed by atoms with Crippen molar-refractivity contribution in [2.24, 2.45) is 0 Å². The first-order valence-corrected chi connectivity index (χ1v) is 9.41. The summed E-state index contributed by atoms with van der Waals surface area (Å²) >= 11 is 0. The van der Waals surface area contributed by atoms with Gasteiger partial charge in [0, 0.05) is 17.1 Å². The molecule has 0 fully saturated rings. The minimum atomic E-state index is -4.86. The van der Waals surface area contributed by atoms with Gasteiger partial charge in [0.25, 0.3) is 0 Å². The van der Waals surface area contributed by atoms with Gasteiger partial charge in [-0.05, 0) is 59.0 Å². The summed E-state index contributed by atoms with van der Waals surface area (Å²) in [5, 5.41) is 2.87. The minimum absolute atomic E-state index is 0.109. The summed E-state index contributed by atoms with van der Waals surface area (Å²) in [6.45, 7) is 4.03. The molecule has 2 nitrogen and oxygen atoms in total. The van der Waals surface area contributed by atoms with E-state index in [1.54, 1.807) is 12.1 Å². The van der Waals surface area contributed by atoms with Crippen molar-refractivity contribution < 1.29 is 26.3 Å². The number of nitrogen functional groups attached to an aromatic ring is 1. The zero-order valence-electron chi connectivity index (χ0n) is 16.7. The van der Waals surface area contributed by atoms with Gasteiger partial charge in [0.15, 0.2) is 0 Å². The van der Waals surface area contributed by atoms with Gasteiger partial charge in [0.05, 0.1) is 11.1 Å². The second kappa shape index (κ2) is 8.17. The van der Waals surface area contributed by atoms with Gasteiger partial charge in [-0.15, -0.1) is 0 Å². The van der Waals surface area contributed by atoms with E-state index in [4.69, 9.17) is 5.73 Å². The largest absolute Gasteiger partial charge is 0.417 e. The van der Waals surface area contributed by atoms with Crippen LogP contribution in [0.25, 0.3) is 11.1 Å². The second-order valence-electron chi connectivity index (χ2n) is 7.46. The van der Waals surface area contributed by atoms with Crippen molar-refractivity contribution in [3.8, 4) is 11.1 Å². The Labute approximate surface area is 175 Å². The number of halogens is 6. The Bertz CT molecular complexity index is 1070. The smallest absolute Gasteiger partial charge is 0.399 e. The molecule has 0 saturated heterocycles. The molecule has 3 rings (SSSR count). The summed E-state index contributed by atoms with van der Waals surface area (Å²) in [6.07, 6.45) is -9.72. The van der Waals surface area contributed by atoms with Crippen molar-refractivity contribution in [3.63, 3.8) is 0 Å². The Kier molecular flexibility index (Phi) is 5.93. The molecule has 0 aliphatic rings. The highest BCUT2D eigenvalue weighted by molar-refractivity contribution is 5.77. The normalized spacial score (nSPS) is 12.3. The van der Waals surface area contributed by atoms with Gasteiger partial charge < -0.3 is 11.1 Å². The molecule has 0 spiro atoms. The van der Waals surface area contributed by atoms with Crippen LogP contribution in [0, 0.1) is 0 Å². The van der Waals surface area contributed by atoms with E-state index < -0.39 is 34.6 Å². The van der Waals surface area contributed by atoms with Gasteiger partial charge in [0.2, 0.25) is 0 Å². The third-order valence-corrected chi connectivity index (χ3v) is 4.83. The highest BCUT2D eigenvalue weighted by Crippen LogP contribution is 2.44. The van der Waals surface area contributed by atoms with Crippen LogP contribution in [0.15, 0.2) is 60.7 Å². The number of benzene rings is 3. The third-order valence-electron chi connectivity index (χ3n) is 4.83. The number of anilines is 3. The summed E-state index contributed by atoms with van der Waals surface area (Å²) in [6, 6.07) is 13.1. The van der Waals surface area contributed by atoms with E-state index >= 15 is 0 Å². The molecule has 164 valence electrons. The van der Waals surface area contributed by atoms with Crippen LogP contribution < -0.4 is 11.1 Å². The van der Waals surface area contributed by atoms with Gasteiger partial charge >= 0.3 is 12.4 Å². The van der Waals surface area contributed by atoms with Crippen LogP contribution in [0.2, 0.25) is 0 Å². The molecule has 0 bridgehead atoms. The zero-order valence-corrected chi connectivity index (χ0v) is 16.7. The number of hydrogen-bond donors (Lipinski definition) is 2. The second-order valence-corrected chi connectivity index (χ2v) is 7.46. The Morgan fingerprint density at radius 1 is 0.677 bits per heavy atom. The van der Waals surface area contributed by atoms with E-state index in [0.717, 1.165) is 29.8 Å². The van der Waals surface area contributed by atoms with Gasteiger partial charge in [-0.1, -0.05) is 38.1 Å². The molecule has 0 saturated carbocycles. The molecule has 0 radical (unpaired) electrons. The van der Waals surface area contributed by atoms with Crippen LogP contribution in [0.3, 0.4) is 0 Å². The van der Waals surface area contributed by atoms with Crippen molar-refractivity contribution in [1.29, 1.82) is 0 Å². The van der Waals surface area contributed by atoms with E-state index in [1.807, 2.05) is 26.0 Å². The molecule has 0 amide bonds. The quantitative estimate of drug-likeness (QED) is 0.322. The first kappa shape index (κ1) is 22.5. The first-order valence-electron chi connectivity index (χ1n) is 9.41. The van der Waals surface area contributed by atoms with E-state index in [1.165, 1.54) is 6.07 Å². The lowest BCUT2D eigenvalue weighted by Gasteiger charge is -2.19. The average molecular weight is 438 g/mol. The summed E-state index contributed by atoms with van der Waals surface area (Å²) in [4.78, 5) is 0. The van der Waals surface area contributed by atoms with Crippen molar-refractivity contribution in [3.05, 3.63) is 77.4 Å². The zero-order chi connectivity index (χ0) is 23.0. The van der Waals surface area contributed by atoms with Crippen LogP contribution >= 0.6 is 0 Å². The Hall–Kier alpha value is -3.16. The fraction of sp³-hybridized carbons (Fsp3) is 0.217.